The van der Waals surface area contributed by atoms with Crippen molar-refractivity contribution in [1.29, 1.82) is 0 Å². The Morgan fingerprint density at radius 2 is 2.33 bits per heavy atom. The molecule has 2 unspecified atom stereocenters. The van der Waals surface area contributed by atoms with Crippen molar-refractivity contribution in [2.24, 2.45) is 5.73 Å². The zero-order chi connectivity index (χ0) is 9.14. The predicted octanol–water partition coefficient (Wildman–Crippen LogP) is 1.49. The molecule has 1 aromatic rings. The highest BCUT2D eigenvalue weighted by Crippen LogP contribution is 2.10. The van der Waals surface area contributed by atoms with Crippen LogP contribution in [-0.4, -0.2) is 15.8 Å². The summed E-state index contributed by atoms with van der Waals surface area (Å²) in [5, 5.41) is 4.32. The van der Waals surface area contributed by atoms with Crippen molar-refractivity contribution in [3.8, 4) is 0 Å². The van der Waals surface area contributed by atoms with Crippen molar-refractivity contribution in [2.75, 3.05) is 0 Å². The molecule has 0 saturated carbocycles. The molecule has 1 aromatic heterocycles. The molecule has 1 heterocycles. The number of hydrogen-bond acceptors (Lipinski definition) is 2. The summed E-state index contributed by atoms with van der Waals surface area (Å²) in [6, 6.07) is 2.49. The lowest BCUT2D eigenvalue weighted by Gasteiger charge is -2.18. The summed E-state index contributed by atoms with van der Waals surface area (Å²) in [6.45, 7) is 6.18. The van der Waals surface area contributed by atoms with Gasteiger partial charge in [0.15, 0.2) is 0 Å². The summed E-state index contributed by atoms with van der Waals surface area (Å²) in [7, 11) is 0. The van der Waals surface area contributed by atoms with Gasteiger partial charge in [0.25, 0.3) is 0 Å². The summed E-state index contributed by atoms with van der Waals surface area (Å²) in [5.74, 6) is 0. The standard InChI is InChI=1S/C9H17N3/c1-4-9(10)8(3)12-6-5-7(2)11-12/h5-6,8-9H,4,10H2,1-3H3. The summed E-state index contributed by atoms with van der Waals surface area (Å²) in [4.78, 5) is 0. The van der Waals surface area contributed by atoms with Gasteiger partial charge in [-0.05, 0) is 26.3 Å². The molecule has 0 aliphatic carbocycles. The smallest absolute Gasteiger partial charge is 0.0641 e. The van der Waals surface area contributed by atoms with Crippen molar-refractivity contribution in [1.82, 2.24) is 9.78 Å². The molecule has 2 atom stereocenters. The molecule has 0 amide bonds. The quantitative estimate of drug-likeness (QED) is 0.741. The largest absolute Gasteiger partial charge is 0.326 e. The molecule has 0 radical (unpaired) electrons. The maximum Gasteiger partial charge on any atom is 0.0641 e. The van der Waals surface area contributed by atoms with Crippen LogP contribution < -0.4 is 5.73 Å². The normalized spacial score (nSPS) is 16.0. The predicted molar refractivity (Wildman–Crippen MR) is 49.9 cm³/mol. The second-order valence-corrected chi connectivity index (χ2v) is 3.25. The Morgan fingerprint density at radius 3 is 2.75 bits per heavy atom. The average Bonchev–Trinajstić information content (AvgIpc) is 2.49. The van der Waals surface area contributed by atoms with E-state index in [4.69, 9.17) is 5.73 Å². The van der Waals surface area contributed by atoms with E-state index in [0.717, 1.165) is 12.1 Å². The summed E-state index contributed by atoms with van der Waals surface area (Å²) in [5.41, 5.74) is 6.94. The first-order valence-electron chi connectivity index (χ1n) is 4.42. The van der Waals surface area contributed by atoms with E-state index in [1.54, 1.807) is 0 Å². The van der Waals surface area contributed by atoms with Gasteiger partial charge in [0.2, 0.25) is 0 Å². The summed E-state index contributed by atoms with van der Waals surface area (Å²) >= 11 is 0. The summed E-state index contributed by atoms with van der Waals surface area (Å²) in [6.07, 6.45) is 2.97. The van der Waals surface area contributed by atoms with Gasteiger partial charge in [-0.15, -0.1) is 0 Å². The molecule has 12 heavy (non-hydrogen) atoms. The SMILES string of the molecule is CCC(N)C(C)n1ccc(C)n1. The molecule has 0 saturated heterocycles. The average molecular weight is 167 g/mol. The molecule has 0 fully saturated rings. The molecule has 68 valence electrons. The Labute approximate surface area is 73.6 Å². The Hall–Kier alpha value is -0.830. The minimum atomic E-state index is 0.198. The Kier molecular flexibility index (Phi) is 2.87. The van der Waals surface area contributed by atoms with Crippen LogP contribution in [0.1, 0.15) is 32.0 Å². The van der Waals surface area contributed by atoms with Crippen LogP contribution in [0.3, 0.4) is 0 Å². The van der Waals surface area contributed by atoms with E-state index in [0.29, 0.717) is 6.04 Å². The highest BCUT2D eigenvalue weighted by atomic mass is 15.3. The van der Waals surface area contributed by atoms with E-state index < -0.39 is 0 Å². The summed E-state index contributed by atoms with van der Waals surface area (Å²) < 4.78 is 1.93. The number of hydrogen-bond donors (Lipinski definition) is 1. The maximum atomic E-state index is 5.90. The zero-order valence-corrected chi connectivity index (χ0v) is 7.99. The van der Waals surface area contributed by atoms with Gasteiger partial charge in [-0.3, -0.25) is 4.68 Å². The van der Waals surface area contributed by atoms with Crippen LogP contribution in [-0.2, 0) is 0 Å². The third kappa shape index (κ3) is 1.85. The topological polar surface area (TPSA) is 43.8 Å². The number of rotatable bonds is 3. The van der Waals surface area contributed by atoms with Gasteiger partial charge in [-0.1, -0.05) is 6.92 Å². The number of aryl methyl sites for hydroxylation is 1. The maximum absolute atomic E-state index is 5.90. The molecule has 0 aliphatic heterocycles. The van der Waals surface area contributed by atoms with E-state index in [1.807, 2.05) is 23.9 Å². The van der Waals surface area contributed by atoms with Crippen LogP contribution in [0.4, 0.5) is 0 Å². The van der Waals surface area contributed by atoms with Crippen molar-refractivity contribution < 1.29 is 0 Å². The van der Waals surface area contributed by atoms with Gasteiger partial charge < -0.3 is 5.73 Å². The Bertz CT molecular complexity index is 242. The van der Waals surface area contributed by atoms with Crippen molar-refractivity contribution in [3.05, 3.63) is 18.0 Å². The van der Waals surface area contributed by atoms with Crippen molar-refractivity contribution in [2.45, 2.75) is 39.3 Å². The van der Waals surface area contributed by atoms with E-state index >= 15 is 0 Å². The van der Waals surface area contributed by atoms with Crippen molar-refractivity contribution in [3.63, 3.8) is 0 Å². The first-order chi connectivity index (χ1) is 5.65. The lowest BCUT2D eigenvalue weighted by Crippen LogP contribution is -2.29. The highest BCUT2D eigenvalue weighted by molar-refractivity contribution is 4.96. The molecule has 1 rings (SSSR count). The monoisotopic (exact) mass is 167 g/mol. The molecule has 3 heteroatoms. The van der Waals surface area contributed by atoms with Gasteiger partial charge in [-0.2, -0.15) is 5.10 Å². The van der Waals surface area contributed by atoms with Crippen LogP contribution >= 0.6 is 0 Å². The molecule has 0 aromatic carbocycles. The molecule has 3 nitrogen and oxygen atoms in total. The van der Waals surface area contributed by atoms with Crippen LogP contribution in [0.25, 0.3) is 0 Å². The van der Waals surface area contributed by atoms with Gasteiger partial charge in [0.05, 0.1) is 11.7 Å². The fourth-order valence-corrected chi connectivity index (χ4v) is 1.20. The van der Waals surface area contributed by atoms with E-state index in [9.17, 15) is 0 Å². The third-order valence-electron chi connectivity index (χ3n) is 2.25. The highest BCUT2D eigenvalue weighted by Gasteiger charge is 2.12. The minimum Gasteiger partial charge on any atom is -0.326 e. The van der Waals surface area contributed by atoms with Crippen LogP contribution in [0, 0.1) is 6.92 Å². The first-order valence-corrected chi connectivity index (χ1v) is 4.42. The van der Waals surface area contributed by atoms with E-state index in [2.05, 4.69) is 18.9 Å². The molecular formula is C9H17N3. The van der Waals surface area contributed by atoms with Crippen LogP contribution in [0.5, 0.6) is 0 Å². The van der Waals surface area contributed by atoms with Crippen molar-refractivity contribution >= 4 is 0 Å². The lowest BCUT2D eigenvalue weighted by molar-refractivity contribution is 0.396. The first kappa shape index (κ1) is 9.26. The van der Waals surface area contributed by atoms with Gasteiger partial charge in [0.1, 0.15) is 0 Å². The fourth-order valence-electron chi connectivity index (χ4n) is 1.20. The number of nitrogens with two attached hydrogens (primary N) is 1. The van der Waals surface area contributed by atoms with Crippen LogP contribution in [0.15, 0.2) is 12.3 Å². The molecule has 0 spiro atoms. The fraction of sp³-hybridized carbons (Fsp3) is 0.667. The second-order valence-electron chi connectivity index (χ2n) is 3.25. The number of aromatic nitrogens is 2. The van der Waals surface area contributed by atoms with Gasteiger partial charge >= 0.3 is 0 Å². The van der Waals surface area contributed by atoms with Crippen LogP contribution in [0.2, 0.25) is 0 Å². The Balaban J connectivity index is 2.70. The molecule has 0 bridgehead atoms. The Morgan fingerprint density at radius 1 is 1.67 bits per heavy atom. The molecular weight excluding hydrogens is 150 g/mol. The lowest BCUT2D eigenvalue weighted by atomic mass is 10.1. The minimum absolute atomic E-state index is 0.198. The molecule has 0 aliphatic rings. The van der Waals surface area contributed by atoms with E-state index in [1.165, 1.54) is 0 Å². The third-order valence-corrected chi connectivity index (χ3v) is 2.25. The second kappa shape index (κ2) is 3.72. The number of nitrogens with zero attached hydrogens (tertiary/aromatic N) is 2. The molecule has 2 N–H and O–H groups in total. The van der Waals surface area contributed by atoms with Gasteiger partial charge in [-0.25, -0.2) is 0 Å². The zero-order valence-electron chi connectivity index (χ0n) is 7.99. The van der Waals surface area contributed by atoms with E-state index in [-0.39, 0.29) is 6.04 Å². The van der Waals surface area contributed by atoms with Gasteiger partial charge in [0, 0.05) is 12.2 Å².